The van der Waals surface area contributed by atoms with Crippen molar-refractivity contribution < 1.29 is 5.11 Å². The second kappa shape index (κ2) is 4.88. The Labute approximate surface area is 110 Å². The highest BCUT2D eigenvalue weighted by atomic mass is 16.3. The third-order valence-electron chi connectivity index (χ3n) is 3.54. The first-order valence-electron chi connectivity index (χ1n) is 6.80. The molecule has 0 radical (unpaired) electrons. The van der Waals surface area contributed by atoms with Crippen molar-refractivity contribution in [2.45, 2.75) is 58.0 Å². The van der Waals surface area contributed by atoms with E-state index in [0.29, 0.717) is 0 Å². The minimum absolute atomic E-state index is 0.0349. The first-order valence-corrected chi connectivity index (χ1v) is 6.80. The van der Waals surface area contributed by atoms with Crippen molar-refractivity contribution in [3.8, 4) is 0 Å². The first-order chi connectivity index (χ1) is 8.39. The highest BCUT2D eigenvalue weighted by Gasteiger charge is 2.27. The van der Waals surface area contributed by atoms with E-state index in [9.17, 15) is 5.11 Å². The molecule has 3 heteroatoms. The summed E-state index contributed by atoms with van der Waals surface area (Å²) in [5.74, 6) is 0. The van der Waals surface area contributed by atoms with Gasteiger partial charge < -0.3 is 5.11 Å². The molecule has 0 bridgehead atoms. The molecule has 1 aliphatic carbocycles. The normalized spacial score (nSPS) is 18.6. The molecule has 3 nitrogen and oxygen atoms in total. The van der Waals surface area contributed by atoms with E-state index in [1.54, 1.807) is 0 Å². The van der Waals surface area contributed by atoms with Crippen LogP contribution >= 0.6 is 0 Å². The summed E-state index contributed by atoms with van der Waals surface area (Å²) in [6.07, 6.45) is 8.22. The van der Waals surface area contributed by atoms with E-state index >= 15 is 0 Å². The van der Waals surface area contributed by atoms with Crippen molar-refractivity contribution in [2.24, 2.45) is 7.05 Å². The van der Waals surface area contributed by atoms with Gasteiger partial charge in [-0.3, -0.25) is 4.68 Å². The Morgan fingerprint density at radius 2 is 2.06 bits per heavy atom. The average molecular weight is 248 g/mol. The molecule has 1 atom stereocenters. The second-order valence-electron chi connectivity index (χ2n) is 6.28. The largest absolute Gasteiger partial charge is 0.384 e. The highest BCUT2D eigenvalue weighted by molar-refractivity contribution is 5.32. The van der Waals surface area contributed by atoms with Crippen molar-refractivity contribution in [3.05, 3.63) is 29.1 Å². The second-order valence-corrected chi connectivity index (χ2v) is 6.28. The molecule has 0 spiro atoms. The Hall–Kier alpha value is -1.09. The predicted molar refractivity (Wildman–Crippen MR) is 73.4 cm³/mol. The molecule has 1 unspecified atom stereocenters. The lowest BCUT2D eigenvalue weighted by atomic mass is 9.85. The fraction of sp³-hybridized carbons (Fsp3) is 0.667. The Kier molecular flexibility index (Phi) is 3.62. The Morgan fingerprint density at radius 1 is 1.33 bits per heavy atom. The summed E-state index contributed by atoms with van der Waals surface area (Å²) < 4.78 is 1.81. The quantitative estimate of drug-likeness (QED) is 0.816. The summed E-state index contributed by atoms with van der Waals surface area (Å²) in [5.41, 5.74) is 3.11. The number of aryl methyl sites for hydroxylation is 1. The Bertz CT molecular complexity index is 452. The Balaban J connectivity index is 2.35. The summed E-state index contributed by atoms with van der Waals surface area (Å²) in [5, 5.41) is 15.1. The van der Waals surface area contributed by atoms with Crippen molar-refractivity contribution in [1.29, 1.82) is 0 Å². The topological polar surface area (TPSA) is 38.0 Å². The van der Waals surface area contributed by atoms with Crippen LogP contribution in [0.15, 0.2) is 17.8 Å². The van der Waals surface area contributed by atoms with E-state index in [-0.39, 0.29) is 5.41 Å². The molecule has 1 aliphatic rings. The number of rotatable bonds is 2. The number of aliphatic hydroxyl groups excluding tert-OH is 1. The summed E-state index contributed by atoms with van der Waals surface area (Å²) >= 11 is 0. The van der Waals surface area contributed by atoms with Crippen LogP contribution in [0.5, 0.6) is 0 Å². The third-order valence-corrected chi connectivity index (χ3v) is 3.54. The third kappa shape index (κ3) is 2.66. The van der Waals surface area contributed by atoms with Crippen LogP contribution in [0.2, 0.25) is 0 Å². The smallest absolute Gasteiger partial charge is 0.103 e. The number of hydrogen-bond acceptors (Lipinski definition) is 2. The van der Waals surface area contributed by atoms with E-state index in [1.807, 2.05) is 17.9 Å². The van der Waals surface area contributed by atoms with Gasteiger partial charge in [-0.15, -0.1) is 0 Å². The maximum absolute atomic E-state index is 10.6. The van der Waals surface area contributed by atoms with Crippen LogP contribution in [0, 0.1) is 0 Å². The van der Waals surface area contributed by atoms with Gasteiger partial charge in [0.05, 0.1) is 5.69 Å². The molecule has 0 aromatic carbocycles. The molecule has 1 aromatic heterocycles. The molecule has 0 saturated heterocycles. The van der Waals surface area contributed by atoms with Crippen LogP contribution in [-0.2, 0) is 12.5 Å². The van der Waals surface area contributed by atoms with Gasteiger partial charge in [0, 0.05) is 24.2 Å². The van der Waals surface area contributed by atoms with Gasteiger partial charge in [0.1, 0.15) is 6.10 Å². The van der Waals surface area contributed by atoms with E-state index in [1.165, 1.54) is 18.4 Å². The lowest BCUT2D eigenvalue weighted by molar-refractivity contribution is 0.205. The monoisotopic (exact) mass is 248 g/mol. The van der Waals surface area contributed by atoms with Gasteiger partial charge >= 0.3 is 0 Å². The van der Waals surface area contributed by atoms with Gasteiger partial charge in [-0.05, 0) is 31.3 Å². The highest BCUT2D eigenvalue weighted by Crippen LogP contribution is 2.35. The van der Waals surface area contributed by atoms with Crippen LogP contribution in [0.4, 0.5) is 0 Å². The van der Waals surface area contributed by atoms with Crippen LogP contribution in [0.3, 0.4) is 0 Å². The molecule has 1 aromatic rings. The lowest BCUT2D eigenvalue weighted by Crippen LogP contribution is -2.17. The van der Waals surface area contributed by atoms with Gasteiger partial charge in [0.2, 0.25) is 0 Å². The van der Waals surface area contributed by atoms with Crippen LogP contribution in [0.1, 0.15) is 63.8 Å². The zero-order valence-corrected chi connectivity index (χ0v) is 11.9. The average Bonchev–Trinajstić information content (AvgIpc) is 2.71. The van der Waals surface area contributed by atoms with Gasteiger partial charge in [0.25, 0.3) is 0 Å². The molecule has 1 heterocycles. The molecule has 0 aliphatic heterocycles. The van der Waals surface area contributed by atoms with E-state index in [0.717, 1.165) is 24.1 Å². The molecular weight excluding hydrogens is 224 g/mol. The van der Waals surface area contributed by atoms with Crippen molar-refractivity contribution in [2.75, 3.05) is 0 Å². The molecule has 100 valence electrons. The molecule has 0 fully saturated rings. The number of aromatic nitrogens is 2. The van der Waals surface area contributed by atoms with Gasteiger partial charge in [-0.25, -0.2) is 0 Å². The lowest BCUT2D eigenvalue weighted by Gasteiger charge is -2.23. The molecule has 0 amide bonds. The number of hydrogen-bond donors (Lipinski definition) is 1. The molecular formula is C15H24N2O. The van der Waals surface area contributed by atoms with E-state index in [2.05, 4.69) is 31.9 Å². The summed E-state index contributed by atoms with van der Waals surface area (Å²) in [6, 6.07) is 0. The molecule has 0 saturated carbocycles. The minimum atomic E-state index is -0.478. The number of allylic oxidation sites excluding steroid dienone is 1. The summed E-state index contributed by atoms with van der Waals surface area (Å²) in [4.78, 5) is 0. The summed E-state index contributed by atoms with van der Waals surface area (Å²) in [6.45, 7) is 6.42. The van der Waals surface area contributed by atoms with Crippen molar-refractivity contribution in [1.82, 2.24) is 9.78 Å². The molecule has 2 rings (SSSR count). The van der Waals surface area contributed by atoms with Crippen molar-refractivity contribution >= 4 is 0 Å². The SMILES string of the molecule is Cn1cc(C(O)C2=CCCCC2)c(C(C)(C)C)n1. The van der Waals surface area contributed by atoms with E-state index < -0.39 is 6.10 Å². The zero-order chi connectivity index (χ0) is 13.3. The van der Waals surface area contributed by atoms with Crippen LogP contribution in [0.25, 0.3) is 0 Å². The molecule has 1 N–H and O–H groups in total. The van der Waals surface area contributed by atoms with Crippen LogP contribution < -0.4 is 0 Å². The van der Waals surface area contributed by atoms with Gasteiger partial charge in [0.15, 0.2) is 0 Å². The standard InChI is InChI=1S/C15H24N2O/c1-15(2,3)14-12(10-17(4)16-14)13(18)11-8-6-5-7-9-11/h8,10,13,18H,5-7,9H2,1-4H3. The number of nitrogens with zero attached hydrogens (tertiary/aromatic N) is 2. The summed E-state index contributed by atoms with van der Waals surface area (Å²) in [7, 11) is 1.92. The fourth-order valence-electron chi connectivity index (χ4n) is 2.60. The number of aliphatic hydroxyl groups is 1. The van der Waals surface area contributed by atoms with Gasteiger partial charge in [-0.1, -0.05) is 26.8 Å². The first kappa shape index (κ1) is 13.3. The predicted octanol–water partition coefficient (Wildman–Crippen LogP) is 3.25. The molecule has 18 heavy (non-hydrogen) atoms. The fourth-order valence-corrected chi connectivity index (χ4v) is 2.60. The van der Waals surface area contributed by atoms with Gasteiger partial charge in [-0.2, -0.15) is 5.10 Å². The van der Waals surface area contributed by atoms with E-state index in [4.69, 9.17) is 0 Å². The van der Waals surface area contributed by atoms with Crippen molar-refractivity contribution in [3.63, 3.8) is 0 Å². The maximum atomic E-state index is 10.6. The zero-order valence-electron chi connectivity index (χ0n) is 11.9. The minimum Gasteiger partial charge on any atom is -0.384 e. The van der Waals surface area contributed by atoms with Crippen LogP contribution in [-0.4, -0.2) is 14.9 Å². The maximum Gasteiger partial charge on any atom is 0.103 e. The Morgan fingerprint density at radius 3 is 2.61 bits per heavy atom.